The topological polar surface area (TPSA) is 64.4 Å². The first-order valence-electron chi connectivity index (χ1n) is 7.64. The molecule has 4 heteroatoms. The normalized spacial score (nSPS) is 11.6. The van der Waals surface area contributed by atoms with Crippen molar-refractivity contribution in [1.29, 1.82) is 0 Å². The Balaban J connectivity index is 4.10. The zero-order chi connectivity index (χ0) is 14.6. The summed E-state index contributed by atoms with van der Waals surface area (Å²) >= 11 is 0. The van der Waals surface area contributed by atoms with Gasteiger partial charge in [-0.3, -0.25) is 4.79 Å². The summed E-state index contributed by atoms with van der Waals surface area (Å²) in [6.07, 6.45) is 6.91. The zero-order valence-corrected chi connectivity index (χ0v) is 13.0. The molecule has 3 N–H and O–H groups in total. The van der Waals surface area contributed by atoms with Crippen molar-refractivity contribution in [3.05, 3.63) is 0 Å². The number of methoxy groups -OCH3 is 1. The highest BCUT2D eigenvalue weighted by molar-refractivity contribution is 5.82. The summed E-state index contributed by atoms with van der Waals surface area (Å²) in [5.74, 6) is 0.144. The summed E-state index contributed by atoms with van der Waals surface area (Å²) < 4.78 is 5.00. The Morgan fingerprint density at radius 2 is 1.79 bits per heavy atom. The Labute approximate surface area is 118 Å². The van der Waals surface area contributed by atoms with E-state index in [9.17, 15) is 4.79 Å². The van der Waals surface area contributed by atoms with Crippen LogP contribution in [0.4, 0.5) is 0 Å². The molecule has 0 aliphatic carbocycles. The molecule has 0 radical (unpaired) electrons. The van der Waals surface area contributed by atoms with Crippen LogP contribution in [0.1, 0.15) is 58.8 Å². The molecule has 0 saturated heterocycles. The Morgan fingerprint density at radius 3 is 2.26 bits per heavy atom. The van der Waals surface area contributed by atoms with Crippen LogP contribution >= 0.6 is 0 Å². The van der Waals surface area contributed by atoms with Crippen molar-refractivity contribution in [3.63, 3.8) is 0 Å². The maximum Gasteiger partial charge on any atom is 0.227 e. The molecule has 0 aromatic carbocycles. The van der Waals surface area contributed by atoms with Gasteiger partial charge in [-0.1, -0.05) is 26.7 Å². The smallest absolute Gasteiger partial charge is 0.227 e. The molecule has 0 aromatic rings. The van der Waals surface area contributed by atoms with Gasteiger partial charge in [0.25, 0.3) is 0 Å². The zero-order valence-electron chi connectivity index (χ0n) is 13.0. The van der Waals surface area contributed by atoms with Crippen molar-refractivity contribution in [3.8, 4) is 0 Å². The van der Waals surface area contributed by atoms with Gasteiger partial charge in [0, 0.05) is 26.8 Å². The van der Waals surface area contributed by atoms with E-state index in [1.165, 1.54) is 0 Å². The fourth-order valence-electron chi connectivity index (χ4n) is 2.54. The Hall–Kier alpha value is -0.610. The van der Waals surface area contributed by atoms with Crippen LogP contribution in [-0.4, -0.2) is 32.7 Å². The number of hydrogen-bond donors (Lipinski definition) is 2. The van der Waals surface area contributed by atoms with Crippen molar-refractivity contribution in [2.45, 2.75) is 58.8 Å². The van der Waals surface area contributed by atoms with Crippen molar-refractivity contribution in [1.82, 2.24) is 5.32 Å². The van der Waals surface area contributed by atoms with Gasteiger partial charge in [0.15, 0.2) is 0 Å². The van der Waals surface area contributed by atoms with Crippen molar-refractivity contribution in [2.24, 2.45) is 11.1 Å². The summed E-state index contributed by atoms with van der Waals surface area (Å²) in [5, 5.41) is 3.06. The molecule has 1 amide bonds. The van der Waals surface area contributed by atoms with Crippen LogP contribution < -0.4 is 11.1 Å². The highest BCUT2D eigenvalue weighted by Crippen LogP contribution is 2.28. The molecule has 0 unspecified atom stereocenters. The molecule has 0 aromatic heterocycles. The Kier molecular flexibility index (Phi) is 10.9. The quantitative estimate of drug-likeness (QED) is 0.536. The summed E-state index contributed by atoms with van der Waals surface area (Å²) in [7, 11) is 1.72. The number of amides is 1. The molecule has 0 atom stereocenters. The lowest BCUT2D eigenvalue weighted by molar-refractivity contribution is -0.131. The van der Waals surface area contributed by atoms with Crippen LogP contribution in [-0.2, 0) is 9.53 Å². The molecule has 0 spiro atoms. The van der Waals surface area contributed by atoms with Crippen molar-refractivity contribution in [2.75, 3.05) is 26.8 Å². The fourth-order valence-corrected chi connectivity index (χ4v) is 2.54. The molecule has 0 aliphatic rings. The van der Waals surface area contributed by atoms with Gasteiger partial charge in [0.05, 0.1) is 5.41 Å². The van der Waals surface area contributed by atoms with Gasteiger partial charge in [-0.25, -0.2) is 0 Å². The van der Waals surface area contributed by atoms with E-state index in [0.29, 0.717) is 6.54 Å². The third-order valence-corrected chi connectivity index (χ3v) is 3.64. The second kappa shape index (κ2) is 11.2. The molecular formula is C15H32N2O2. The number of rotatable bonds is 12. The first-order chi connectivity index (χ1) is 9.16. The van der Waals surface area contributed by atoms with Crippen molar-refractivity contribution < 1.29 is 9.53 Å². The van der Waals surface area contributed by atoms with E-state index in [2.05, 4.69) is 19.2 Å². The lowest BCUT2D eigenvalue weighted by Gasteiger charge is -2.30. The number of unbranched alkanes of at least 4 members (excludes halogenated alkanes) is 2. The lowest BCUT2D eigenvalue weighted by atomic mass is 9.78. The van der Waals surface area contributed by atoms with Crippen LogP contribution in [0, 0.1) is 5.41 Å². The highest BCUT2D eigenvalue weighted by atomic mass is 16.5. The molecule has 0 bridgehead atoms. The van der Waals surface area contributed by atoms with Gasteiger partial charge >= 0.3 is 0 Å². The summed E-state index contributed by atoms with van der Waals surface area (Å²) in [5.41, 5.74) is 5.52. The second-order valence-corrected chi connectivity index (χ2v) is 5.29. The van der Waals surface area contributed by atoms with Gasteiger partial charge in [-0.05, 0) is 32.1 Å². The molecule has 0 fully saturated rings. The maximum absolute atomic E-state index is 12.3. The number of carbonyl (C=O) groups excluding carboxylic acids is 1. The Bertz CT molecular complexity index is 226. The van der Waals surface area contributed by atoms with Gasteiger partial charge in [-0.2, -0.15) is 0 Å². The SMILES string of the molecule is CCCC(CN)(CCC)C(=O)NCCCCCOC. The van der Waals surface area contributed by atoms with Gasteiger partial charge in [-0.15, -0.1) is 0 Å². The van der Waals surface area contributed by atoms with Crippen molar-refractivity contribution >= 4 is 5.91 Å². The van der Waals surface area contributed by atoms with Crippen LogP contribution in [0.3, 0.4) is 0 Å². The minimum atomic E-state index is -0.351. The van der Waals surface area contributed by atoms with E-state index in [1.54, 1.807) is 7.11 Å². The summed E-state index contributed by atoms with van der Waals surface area (Å²) in [6.45, 7) is 6.21. The maximum atomic E-state index is 12.3. The van der Waals surface area contributed by atoms with E-state index < -0.39 is 0 Å². The van der Waals surface area contributed by atoms with Crippen LogP contribution in [0.15, 0.2) is 0 Å². The van der Waals surface area contributed by atoms with E-state index in [1.807, 2.05) is 0 Å². The van der Waals surface area contributed by atoms with E-state index >= 15 is 0 Å². The third kappa shape index (κ3) is 6.92. The number of hydrogen-bond acceptors (Lipinski definition) is 3. The monoisotopic (exact) mass is 272 g/mol. The average molecular weight is 272 g/mol. The number of nitrogens with one attached hydrogen (secondary N) is 1. The first kappa shape index (κ1) is 18.4. The number of nitrogens with two attached hydrogens (primary N) is 1. The minimum Gasteiger partial charge on any atom is -0.385 e. The van der Waals surface area contributed by atoms with E-state index in [4.69, 9.17) is 10.5 Å². The predicted octanol–water partition coefficient (Wildman–Crippen LogP) is 2.46. The second-order valence-electron chi connectivity index (χ2n) is 5.29. The summed E-state index contributed by atoms with van der Waals surface area (Å²) in [6, 6.07) is 0. The lowest BCUT2D eigenvalue weighted by Crippen LogP contribution is -2.46. The minimum absolute atomic E-state index is 0.144. The Morgan fingerprint density at radius 1 is 1.16 bits per heavy atom. The van der Waals surface area contributed by atoms with Gasteiger partial charge in [0.1, 0.15) is 0 Å². The van der Waals surface area contributed by atoms with Gasteiger partial charge in [0.2, 0.25) is 5.91 Å². The van der Waals surface area contributed by atoms with Gasteiger partial charge < -0.3 is 15.8 Å². The molecule has 4 nitrogen and oxygen atoms in total. The molecule has 0 saturated carbocycles. The number of carbonyl (C=O) groups is 1. The first-order valence-corrected chi connectivity index (χ1v) is 7.64. The van der Waals surface area contributed by atoms with E-state index in [-0.39, 0.29) is 11.3 Å². The largest absolute Gasteiger partial charge is 0.385 e. The van der Waals surface area contributed by atoms with Crippen LogP contribution in [0.5, 0.6) is 0 Å². The standard InChI is InChI=1S/C15H32N2O2/c1-4-9-15(13-16,10-5-2)14(18)17-11-7-6-8-12-19-3/h4-13,16H2,1-3H3,(H,17,18). The number of ether oxygens (including phenoxy) is 1. The summed E-state index contributed by atoms with van der Waals surface area (Å²) in [4.78, 5) is 12.3. The fraction of sp³-hybridized carbons (Fsp3) is 0.933. The third-order valence-electron chi connectivity index (χ3n) is 3.64. The molecule has 0 heterocycles. The van der Waals surface area contributed by atoms with E-state index in [0.717, 1.165) is 58.1 Å². The molecular weight excluding hydrogens is 240 g/mol. The predicted molar refractivity (Wildman–Crippen MR) is 80.0 cm³/mol. The molecule has 0 aliphatic heterocycles. The highest BCUT2D eigenvalue weighted by Gasteiger charge is 2.34. The van der Waals surface area contributed by atoms with Crippen LogP contribution in [0.25, 0.3) is 0 Å². The van der Waals surface area contributed by atoms with Crippen LogP contribution in [0.2, 0.25) is 0 Å². The molecule has 114 valence electrons. The molecule has 19 heavy (non-hydrogen) atoms. The molecule has 0 rings (SSSR count). The average Bonchev–Trinajstić information content (AvgIpc) is 2.42.